The molecule has 0 spiro atoms. The van der Waals surface area contributed by atoms with Crippen LogP contribution in [0.4, 0.5) is 0 Å². The largest absolute Gasteiger partial charge is 0.314 e. The molecule has 1 fully saturated rings. The molecule has 0 aliphatic carbocycles. The van der Waals surface area contributed by atoms with Crippen molar-refractivity contribution in [3.63, 3.8) is 0 Å². The fourth-order valence-corrected chi connectivity index (χ4v) is 3.39. The van der Waals surface area contributed by atoms with Crippen molar-refractivity contribution < 1.29 is 8.42 Å². The average Bonchev–Trinajstić information content (AvgIpc) is 2.68. The van der Waals surface area contributed by atoms with E-state index in [1.807, 2.05) is 0 Å². The number of benzene rings is 1. The first-order valence-electron chi connectivity index (χ1n) is 5.69. The van der Waals surface area contributed by atoms with Crippen LogP contribution in [0.25, 0.3) is 0 Å². The van der Waals surface area contributed by atoms with Crippen LogP contribution in [-0.4, -0.2) is 27.3 Å². The van der Waals surface area contributed by atoms with Gasteiger partial charge in [0.2, 0.25) is 0 Å². The molecule has 1 aromatic carbocycles. The van der Waals surface area contributed by atoms with Gasteiger partial charge in [-0.25, -0.2) is 8.42 Å². The van der Waals surface area contributed by atoms with E-state index in [0.29, 0.717) is 16.0 Å². The molecule has 0 bridgehead atoms. The lowest BCUT2D eigenvalue weighted by atomic mass is 10.0. The zero-order valence-electron chi connectivity index (χ0n) is 9.74. The number of hydrogen-bond acceptors (Lipinski definition) is 3. The van der Waals surface area contributed by atoms with E-state index >= 15 is 0 Å². The zero-order valence-corrected chi connectivity index (χ0v) is 11.3. The van der Waals surface area contributed by atoms with Crippen LogP contribution < -0.4 is 5.32 Å². The van der Waals surface area contributed by atoms with Crippen molar-refractivity contribution in [2.45, 2.75) is 30.2 Å². The van der Waals surface area contributed by atoms with Crippen LogP contribution in [0.2, 0.25) is 5.02 Å². The van der Waals surface area contributed by atoms with Crippen LogP contribution in [0.1, 0.15) is 18.4 Å². The van der Waals surface area contributed by atoms with Crippen LogP contribution in [0.15, 0.2) is 23.1 Å². The van der Waals surface area contributed by atoms with E-state index in [0.717, 1.165) is 31.4 Å². The Hall–Kier alpha value is -0.580. The van der Waals surface area contributed by atoms with Crippen molar-refractivity contribution in [2.75, 3.05) is 12.8 Å². The standard InChI is InChI=1S/C12H16ClNO2S/c1-17(15,16)12-5-4-10(13)7-9(12)8-11-3-2-6-14-11/h4-5,7,11,14H,2-3,6,8H2,1H3. The lowest BCUT2D eigenvalue weighted by Gasteiger charge is -2.13. The normalized spacial score (nSPS) is 20.7. The first-order chi connectivity index (χ1) is 7.97. The molecule has 1 heterocycles. The van der Waals surface area contributed by atoms with Gasteiger partial charge in [0.25, 0.3) is 0 Å². The minimum Gasteiger partial charge on any atom is -0.314 e. The highest BCUT2D eigenvalue weighted by atomic mass is 35.5. The molecular weight excluding hydrogens is 258 g/mol. The second-order valence-corrected chi connectivity index (χ2v) is 6.94. The predicted molar refractivity (Wildman–Crippen MR) is 69.3 cm³/mol. The van der Waals surface area contributed by atoms with Gasteiger partial charge in [0, 0.05) is 17.3 Å². The Bertz CT molecular complexity index is 507. The number of hydrogen-bond donors (Lipinski definition) is 1. The van der Waals surface area contributed by atoms with E-state index in [4.69, 9.17) is 11.6 Å². The molecule has 5 heteroatoms. The molecule has 1 saturated heterocycles. The Kier molecular flexibility index (Phi) is 3.76. The summed E-state index contributed by atoms with van der Waals surface area (Å²) in [5.41, 5.74) is 0.819. The molecule has 2 rings (SSSR count). The minimum absolute atomic E-state index is 0.369. The van der Waals surface area contributed by atoms with Gasteiger partial charge in [-0.3, -0.25) is 0 Å². The molecule has 0 radical (unpaired) electrons. The molecule has 1 atom stereocenters. The second kappa shape index (κ2) is 4.96. The molecule has 1 aromatic rings. The van der Waals surface area contributed by atoms with Crippen LogP contribution >= 0.6 is 11.6 Å². The maximum absolute atomic E-state index is 11.7. The Morgan fingerprint density at radius 2 is 2.24 bits per heavy atom. The summed E-state index contributed by atoms with van der Waals surface area (Å²) in [6.45, 7) is 1.01. The van der Waals surface area contributed by atoms with Crippen LogP contribution in [0.5, 0.6) is 0 Å². The lowest BCUT2D eigenvalue weighted by Crippen LogP contribution is -2.24. The molecule has 0 saturated carbocycles. The molecule has 0 amide bonds. The van der Waals surface area contributed by atoms with E-state index in [1.165, 1.54) is 6.26 Å². The zero-order chi connectivity index (χ0) is 12.5. The number of nitrogens with one attached hydrogen (secondary N) is 1. The average molecular weight is 274 g/mol. The van der Waals surface area contributed by atoms with E-state index in [9.17, 15) is 8.42 Å². The first-order valence-corrected chi connectivity index (χ1v) is 7.95. The number of halogens is 1. The highest BCUT2D eigenvalue weighted by molar-refractivity contribution is 7.90. The van der Waals surface area contributed by atoms with Gasteiger partial charge < -0.3 is 5.32 Å². The van der Waals surface area contributed by atoms with E-state index in [2.05, 4.69) is 5.32 Å². The molecule has 1 N–H and O–H groups in total. The second-order valence-electron chi connectivity index (χ2n) is 4.52. The van der Waals surface area contributed by atoms with Crippen LogP contribution in [0.3, 0.4) is 0 Å². The van der Waals surface area contributed by atoms with Crippen molar-refractivity contribution in [3.05, 3.63) is 28.8 Å². The highest BCUT2D eigenvalue weighted by Gasteiger charge is 2.19. The van der Waals surface area contributed by atoms with Crippen molar-refractivity contribution in [3.8, 4) is 0 Å². The van der Waals surface area contributed by atoms with Crippen molar-refractivity contribution in [1.82, 2.24) is 5.32 Å². The van der Waals surface area contributed by atoms with Crippen molar-refractivity contribution in [2.24, 2.45) is 0 Å². The van der Waals surface area contributed by atoms with Crippen LogP contribution in [0, 0.1) is 0 Å². The van der Waals surface area contributed by atoms with Gasteiger partial charge in [-0.15, -0.1) is 0 Å². The summed E-state index contributed by atoms with van der Waals surface area (Å²) < 4.78 is 23.4. The minimum atomic E-state index is -3.18. The van der Waals surface area contributed by atoms with Gasteiger partial charge in [-0.2, -0.15) is 0 Å². The molecule has 0 aromatic heterocycles. The van der Waals surface area contributed by atoms with Gasteiger partial charge in [-0.1, -0.05) is 11.6 Å². The summed E-state index contributed by atoms with van der Waals surface area (Å²) in [4.78, 5) is 0.399. The topological polar surface area (TPSA) is 46.2 Å². The number of rotatable bonds is 3. The molecule has 1 aliphatic rings. The van der Waals surface area contributed by atoms with Gasteiger partial charge >= 0.3 is 0 Å². The van der Waals surface area contributed by atoms with E-state index < -0.39 is 9.84 Å². The monoisotopic (exact) mass is 273 g/mol. The highest BCUT2D eigenvalue weighted by Crippen LogP contribution is 2.23. The summed E-state index contributed by atoms with van der Waals surface area (Å²) in [5, 5.41) is 3.95. The smallest absolute Gasteiger partial charge is 0.175 e. The molecule has 3 nitrogen and oxygen atoms in total. The third-order valence-electron chi connectivity index (χ3n) is 3.05. The van der Waals surface area contributed by atoms with Crippen LogP contribution in [-0.2, 0) is 16.3 Å². The third kappa shape index (κ3) is 3.21. The summed E-state index contributed by atoms with van der Waals surface area (Å²) in [6.07, 6.45) is 4.21. The van der Waals surface area contributed by atoms with E-state index in [-0.39, 0.29) is 0 Å². The molecule has 17 heavy (non-hydrogen) atoms. The van der Waals surface area contributed by atoms with Gasteiger partial charge in [0.15, 0.2) is 9.84 Å². The quantitative estimate of drug-likeness (QED) is 0.917. The Morgan fingerprint density at radius 1 is 1.47 bits per heavy atom. The lowest BCUT2D eigenvalue weighted by molar-refractivity contribution is 0.586. The summed E-state index contributed by atoms with van der Waals surface area (Å²) in [7, 11) is -3.18. The fraction of sp³-hybridized carbons (Fsp3) is 0.500. The van der Waals surface area contributed by atoms with Gasteiger partial charge in [-0.05, 0) is 49.6 Å². The first kappa shape index (κ1) is 12.9. The number of sulfone groups is 1. The summed E-state index contributed by atoms with van der Waals surface area (Å²) >= 11 is 5.94. The SMILES string of the molecule is CS(=O)(=O)c1ccc(Cl)cc1CC1CCCN1. The van der Waals surface area contributed by atoms with Crippen molar-refractivity contribution in [1.29, 1.82) is 0 Å². The van der Waals surface area contributed by atoms with E-state index in [1.54, 1.807) is 18.2 Å². The molecule has 1 unspecified atom stereocenters. The summed E-state index contributed by atoms with van der Waals surface area (Å²) in [5.74, 6) is 0. The molecule has 1 aliphatic heterocycles. The third-order valence-corrected chi connectivity index (χ3v) is 4.48. The molecule has 94 valence electrons. The van der Waals surface area contributed by atoms with Crippen molar-refractivity contribution >= 4 is 21.4 Å². The Labute approximate surface area is 107 Å². The maximum Gasteiger partial charge on any atom is 0.175 e. The maximum atomic E-state index is 11.7. The Morgan fingerprint density at radius 3 is 2.82 bits per heavy atom. The summed E-state index contributed by atoms with van der Waals surface area (Å²) in [6, 6.07) is 5.36. The Balaban J connectivity index is 2.33. The molecular formula is C12H16ClNO2S. The fourth-order valence-electron chi connectivity index (χ4n) is 2.27. The predicted octanol–water partition coefficient (Wildman–Crippen LogP) is 2.04. The van der Waals surface area contributed by atoms with Gasteiger partial charge in [0.05, 0.1) is 4.90 Å². The van der Waals surface area contributed by atoms with Gasteiger partial charge in [0.1, 0.15) is 0 Å².